The van der Waals surface area contributed by atoms with Gasteiger partial charge in [0.1, 0.15) is 13.2 Å². The molecule has 0 atom stereocenters. The number of rotatable bonds is 11. The SMILES string of the molecule is CCCCCCCC[N+](C)(C)CCOS(=O)(=O)O. The summed E-state index contributed by atoms with van der Waals surface area (Å²) in [7, 11) is -0.210. The third kappa shape index (κ3) is 12.3. The first-order valence-electron chi connectivity index (χ1n) is 6.71. The molecule has 1 N–H and O–H groups in total. The molecule has 0 spiro atoms. The first kappa shape index (κ1) is 17.8. The van der Waals surface area contributed by atoms with Gasteiger partial charge in [-0.25, -0.2) is 4.18 Å². The van der Waals surface area contributed by atoms with Gasteiger partial charge in [-0.05, 0) is 12.8 Å². The van der Waals surface area contributed by atoms with E-state index in [2.05, 4.69) is 11.1 Å². The Morgan fingerprint density at radius 2 is 1.56 bits per heavy atom. The fourth-order valence-electron chi connectivity index (χ4n) is 1.82. The molecular formula is C12H28NO4S+. The molecular weight excluding hydrogens is 254 g/mol. The van der Waals surface area contributed by atoms with Crippen molar-refractivity contribution >= 4 is 10.4 Å². The van der Waals surface area contributed by atoms with Crippen molar-refractivity contribution in [3.63, 3.8) is 0 Å². The highest BCUT2D eigenvalue weighted by Gasteiger charge is 2.16. The Hall–Kier alpha value is -0.170. The van der Waals surface area contributed by atoms with Crippen LogP contribution >= 0.6 is 0 Å². The van der Waals surface area contributed by atoms with E-state index in [9.17, 15) is 8.42 Å². The molecule has 5 nitrogen and oxygen atoms in total. The third-order valence-electron chi connectivity index (χ3n) is 3.05. The minimum atomic E-state index is -4.29. The van der Waals surface area contributed by atoms with Crippen molar-refractivity contribution in [2.45, 2.75) is 45.4 Å². The standard InChI is InChI=1S/C12H27NO4S/c1-4-5-6-7-8-9-10-13(2,3)11-12-17-18(14,15)16/h4-12H2,1-3H3/p+1. The van der Waals surface area contributed by atoms with E-state index >= 15 is 0 Å². The zero-order valence-electron chi connectivity index (χ0n) is 11.9. The maximum atomic E-state index is 10.4. The first-order chi connectivity index (χ1) is 8.27. The summed E-state index contributed by atoms with van der Waals surface area (Å²) in [5, 5.41) is 0. The van der Waals surface area contributed by atoms with Crippen LogP contribution in [-0.2, 0) is 14.6 Å². The van der Waals surface area contributed by atoms with Gasteiger partial charge in [0.15, 0.2) is 0 Å². The first-order valence-corrected chi connectivity index (χ1v) is 8.07. The molecule has 0 fully saturated rings. The molecule has 0 aromatic rings. The van der Waals surface area contributed by atoms with E-state index in [0.29, 0.717) is 11.0 Å². The van der Waals surface area contributed by atoms with Crippen LogP contribution in [0.25, 0.3) is 0 Å². The van der Waals surface area contributed by atoms with Crippen LogP contribution in [0, 0.1) is 0 Å². The number of quaternary nitrogens is 1. The summed E-state index contributed by atoms with van der Waals surface area (Å²) in [5.41, 5.74) is 0. The van der Waals surface area contributed by atoms with Crippen LogP contribution in [0.15, 0.2) is 0 Å². The van der Waals surface area contributed by atoms with Crippen molar-refractivity contribution in [3.8, 4) is 0 Å². The van der Waals surface area contributed by atoms with E-state index in [1.807, 2.05) is 14.1 Å². The molecule has 0 rings (SSSR count). The lowest BCUT2D eigenvalue weighted by molar-refractivity contribution is -0.890. The molecule has 0 saturated carbocycles. The summed E-state index contributed by atoms with van der Waals surface area (Å²) in [6.07, 6.45) is 7.50. The fraction of sp³-hybridized carbons (Fsp3) is 1.00. The number of likely N-dealkylation sites (N-methyl/N-ethyl adjacent to an activating group) is 1. The summed E-state index contributed by atoms with van der Waals surface area (Å²) < 4.78 is 34.3. The van der Waals surface area contributed by atoms with Crippen molar-refractivity contribution in [1.29, 1.82) is 0 Å². The van der Waals surface area contributed by atoms with Crippen molar-refractivity contribution in [2.75, 3.05) is 33.8 Å². The van der Waals surface area contributed by atoms with Crippen LogP contribution in [-0.4, -0.2) is 51.2 Å². The maximum absolute atomic E-state index is 10.4. The van der Waals surface area contributed by atoms with Gasteiger partial charge in [0.05, 0.1) is 20.6 Å². The minimum absolute atomic E-state index is 0.0294. The van der Waals surface area contributed by atoms with Gasteiger partial charge in [-0.15, -0.1) is 0 Å². The van der Waals surface area contributed by atoms with E-state index < -0.39 is 10.4 Å². The molecule has 0 bridgehead atoms. The highest BCUT2D eigenvalue weighted by Crippen LogP contribution is 2.08. The molecule has 0 aliphatic carbocycles. The molecule has 0 radical (unpaired) electrons. The highest BCUT2D eigenvalue weighted by molar-refractivity contribution is 7.80. The summed E-state index contributed by atoms with van der Waals surface area (Å²) in [6, 6.07) is 0. The zero-order valence-corrected chi connectivity index (χ0v) is 12.7. The molecule has 0 unspecified atom stereocenters. The van der Waals surface area contributed by atoms with Crippen molar-refractivity contribution < 1.29 is 21.6 Å². The van der Waals surface area contributed by atoms with Crippen LogP contribution in [0.2, 0.25) is 0 Å². The Bertz CT molecular complexity index is 301. The van der Waals surface area contributed by atoms with E-state index in [0.717, 1.165) is 13.0 Å². The van der Waals surface area contributed by atoms with Crippen molar-refractivity contribution in [1.82, 2.24) is 0 Å². The van der Waals surface area contributed by atoms with Gasteiger partial charge in [0, 0.05) is 0 Å². The second-order valence-electron chi connectivity index (χ2n) is 5.40. The van der Waals surface area contributed by atoms with E-state index in [1.54, 1.807) is 0 Å². The van der Waals surface area contributed by atoms with Gasteiger partial charge in [-0.1, -0.05) is 32.6 Å². The lowest BCUT2D eigenvalue weighted by Crippen LogP contribution is -2.43. The quantitative estimate of drug-likeness (QED) is 0.358. The number of hydrogen-bond acceptors (Lipinski definition) is 3. The maximum Gasteiger partial charge on any atom is 0.397 e. The number of unbranched alkanes of at least 4 members (excludes halogenated alkanes) is 5. The second-order valence-corrected chi connectivity index (χ2v) is 6.49. The van der Waals surface area contributed by atoms with Gasteiger partial charge in [0.2, 0.25) is 0 Å². The second kappa shape index (κ2) is 8.85. The molecule has 0 amide bonds. The Kier molecular flexibility index (Phi) is 8.77. The van der Waals surface area contributed by atoms with Crippen LogP contribution in [0.4, 0.5) is 0 Å². The van der Waals surface area contributed by atoms with Gasteiger partial charge < -0.3 is 4.48 Å². The zero-order chi connectivity index (χ0) is 14.1. The molecule has 18 heavy (non-hydrogen) atoms. The Labute approximate surface area is 112 Å². The minimum Gasteiger partial charge on any atom is -0.327 e. The van der Waals surface area contributed by atoms with E-state index in [1.165, 1.54) is 32.1 Å². The molecule has 6 heteroatoms. The van der Waals surface area contributed by atoms with Gasteiger partial charge in [0.25, 0.3) is 0 Å². The smallest absolute Gasteiger partial charge is 0.327 e. The van der Waals surface area contributed by atoms with Crippen LogP contribution in [0.1, 0.15) is 45.4 Å². The molecule has 0 aromatic heterocycles. The Balaban J connectivity index is 3.61. The van der Waals surface area contributed by atoms with Gasteiger partial charge >= 0.3 is 10.4 Å². The molecule has 0 heterocycles. The average molecular weight is 282 g/mol. The molecule has 110 valence electrons. The number of hydrogen-bond donors (Lipinski definition) is 1. The monoisotopic (exact) mass is 282 g/mol. The van der Waals surface area contributed by atoms with Gasteiger partial charge in [-0.3, -0.25) is 4.55 Å². The van der Waals surface area contributed by atoms with Crippen molar-refractivity contribution in [2.24, 2.45) is 0 Å². The number of nitrogens with zero attached hydrogens (tertiary/aromatic N) is 1. The molecule has 0 aliphatic heterocycles. The predicted octanol–water partition coefficient (Wildman–Crippen LogP) is 2.24. The van der Waals surface area contributed by atoms with Crippen LogP contribution < -0.4 is 0 Å². The normalized spacial score (nSPS) is 12.9. The summed E-state index contributed by atoms with van der Waals surface area (Å²) in [4.78, 5) is 0. The largest absolute Gasteiger partial charge is 0.397 e. The lowest BCUT2D eigenvalue weighted by Gasteiger charge is -2.29. The Morgan fingerprint density at radius 1 is 1.00 bits per heavy atom. The Morgan fingerprint density at radius 3 is 2.11 bits per heavy atom. The summed E-state index contributed by atoms with van der Waals surface area (Å²) >= 11 is 0. The molecule has 0 aromatic carbocycles. The summed E-state index contributed by atoms with van der Waals surface area (Å²) in [5.74, 6) is 0. The van der Waals surface area contributed by atoms with Crippen molar-refractivity contribution in [3.05, 3.63) is 0 Å². The summed E-state index contributed by atoms with van der Waals surface area (Å²) in [6.45, 7) is 3.81. The average Bonchev–Trinajstić information content (AvgIpc) is 2.21. The highest BCUT2D eigenvalue weighted by atomic mass is 32.3. The fourth-order valence-corrected chi connectivity index (χ4v) is 2.11. The molecule has 0 saturated heterocycles. The van der Waals surface area contributed by atoms with E-state index in [4.69, 9.17) is 4.55 Å². The van der Waals surface area contributed by atoms with E-state index in [-0.39, 0.29) is 6.61 Å². The van der Waals surface area contributed by atoms with Crippen LogP contribution in [0.3, 0.4) is 0 Å². The third-order valence-corrected chi connectivity index (χ3v) is 3.51. The van der Waals surface area contributed by atoms with Gasteiger partial charge in [-0.2, -0.15) is 8.42 Å². The predicted molar refractivity (Wildman–Crippen MR) is 72.7 cm³/mol. The molecule has 0 aliphatic rings. The van der Waals surface area contributed by atoms with Crippen LogP contribution in [0.5, 0.6) is 0 Å². The lowest BCUT2D eigenvalue weighted by atomic mass is 10.1. The topological polar surface area (TPSA) is 63.6 Å².